The number of carbonyl (C=O) groups is 1. The molecule has 1 fully saturated rings. The molecule has 3 nitrogen and oxygen atoms in total. The van der Waals surface area contributed by atoms with Crippen LogP contribution in [0.15, 0.2) is 24.3 Å². The molecule has 1 aliphatic heterocycles. The van der Waals surface area contributed by atoms with E-state index in [9.17, 15) is 9.00 Å². The first kappa shape index (κ1) is 19.2. The molecule has 0 aliphatic carbocycles. The Balaban J connectivity index is 1.96. The number of carbonyl (C=O) groups excluding carboxylic acids is 1. The number of amides is 1. The first-order valence-corrected chi connectivity index (χ1v) is 10.4. The van der Waals surface area contributed by atoms with Gasteiger partial charge < -0.3 is 4.90 Å². The number of nitrogens with zero attached hydrogens (tertiary/aromatic N) is 1. The molecule has 0 unspecified atom stereocenters. The van der Waals surface area contributed by atoms with Gasteiger partial charge in [-0.15, -0.1) is 0 Å². The molecule has 2 atom stereocenters. The SMILES string of the molecule is C[C@H](C(=O)N1CCCCCC1)[S@@](=O)Cc1ccc(C(C)(C)C)cc1. The van der Waals surface area contributed by atoms with Crippen molar-refractivity contribution in [3.63, 3.8) is 0 Å². The van der Waals surface area contributed by atoms with Crippen molar-refractivity contribution in [3.05, 3.63) is 35.4 Å². The quantitative estimate of drug-likeness (QED) is 0.823. The Kier molecular flexibility index (Phi) is 6.62. The molecule has 4 heteroatoms. The van der Waals surface area contributed by atoms with Crippen molar-refractivity contribution in [2.75, 3.05) is 13.1 Å². The van der Waals surface area contributed by atoms with E-state index in [-0.39, 0.29) is 11.3 Å². The van der Waals surface area contributed by atoms with E-state index in [1.807, 2.05) is 24.0 Å². The molecule has 1 aromatic rings. The van der Waals surface area contributed by atoms with Gasteiger partial charge in [-0.05, 0) is 36.3 Å². The molecule has 0 spiro atoms. The van der Waals surface area contributed by atoms with Crippen molar-refractivity contribution in [3.8, 4) is 0 Å². The highest BCUT2D eigenvalue weighted by Gasteiger charge is 2.26. The molecule has 0 bridgehead atoms. The molecule has 1 aliphatic rings. The Morgan fingerprint density at radius 2 is 1.62 bits per heavy atom. The normalized spacial score (nSPS) is 18.8. The van der Waals surface area contributed by atoms with Crippen molar-refractivity contribution in [2.45, 2.75) is 69.8 Å². The maximum absolute atomic E-state index is 12.6. The first-order valence-electron chi connectivity index (χ1n) is 9.04. The highest BCUT2D eigenvalue weighted by atomic mass is 32.2. The number of rotatable bonds is 4. The molecule has 1 saturated heterocycles. The summed E-state index contributed by atoms with van der Waals surface area (Å²) in [4.78, 5) is 14.5. The molecule has 0 aromatic heterocycles. The summed E-state index contributed by atoms with van der Waals surface area (Å²) in [5.74, 6) is 0.507. The van der Waals surface area contributed by atoms with Gasteiger partial charge in [-0.1, -0.05) is 57.9 Å². The molecule has 24 heavy (non-hydrogen) atoms. The standard InChI is InChI=1S/C20H31NO2S/c1-16(19(22)21-13-7-5-6-8-14-21)24(23)15-17-9-11-18(12-10-17)20(2,3)4/h9-12,16H,5-8,13-15H2,1-4H3/t16-,24+/m1/s1. The minimum Gasteiger partial charge on any atom is -0.342 e. The van der Waals surface area contributed by atoms with Gasteiger partial charge in [0.15, 0.2) is 0 Å². The van der Waals surface area contributed by atoms with Gasteiger partial charge >= 0.3 is 0 Å². The van der Waals surface area contributed by atoms with E-state index < -0.39 is 16.0 Å². The third-order valence-electron chi connectivity index (χ3n) is 4.79. The van der Waals surface area contributed by atoms with Gasteiger partial charge in [-0.2, -0.15) is 0 Å². The minimum atomic E-state index is -1.17. The maximum Gasteiger partial charge on any atom is 0.238 e. The highest BCUT2D eigenvalue weighted by molar-refractivity contribution is 7.85. The minimum absolute atomic E-state index is 0.0570. The zero-order valence-electron chi connectivity index (χ0n) is 15.5. The van der Waals surface area contributed by atoms with Gasteiger partial charge in [0, 0.05) is 29.6 Å². The Labute approximate surface area is 149 Å². The average molecular weight is 350 g/mol. The van der Waals surface area contributed by atoms with Crippen molar-refractivity contribution in [2.24, 2.45) is 0 Å². The third-order valence-corrected chi connectivity index (χ3v) is 6.40. The lowest BCUT2D eigenvalue weighted by molar-refractivity contribution is -0.130. The van der Waals surface area contributed by atoms with Gasteiger partial charge in [0.1, 0.15) is 5.25 Å². The largest absolute Gasteiger partial charge is 0.342 e. The van der Waals surface area contributed by atoms with E-state index >= 15 is 0 Å². The number of hydrogen-bond acceptors (Lipinski definition) is 2. The molecule has 1 aromatic carbocycles. The second-order valence-electron chi connectivity index (χ2n) is 7.85. The Hall–Kier alpha value is -1.16. The zero-order chi connectivity index (χ0) is 17.7. The van der Waals surface area contributed by atoms with E-state index in [0.717, 1.165) is 31.5 Å². The molecule has 0 saturated carbocycles. The third kappa shape index (κ3) is 5.17. The average Bonchev–Trinajstić information content (AvgIpc) is 2.82. The molecule has 0 radical (unpaired) electrons. The highest BCUT2D eigenvalue weighted by Crippen LogP contribution is 2.23. The van der Waals surface area contributed by atoms with Crippen LogP contribution >= 0.6 is 0 Å². The van der Waals surface area contributed by atoms with E-state index in [0.29, 0.717) is 5.75 Å². The van der Waals surface area contributed by atoms with Crippen LogP contribution in [-0.2, 0) is 26.8 Å². The van der Waals surface area contributed by atoms with Gasteiger partial charge in [0.2, 0.25) is 5.91 Å². The number of likely N-dealkylation sites (tertiary alicyclic amines) is 1. The predicted octanol–water partition coefficient (Wildman–Crippen LogP) is 4.02. The van der Waals surface area contributed by atoms with Crippen LogP contribution < -0.4 is 0 Å². The summed E-state index contributed by atoms with van der Waals surface area (Å²) >= 11 is 0. The van der Waals surface area contributed by atoms with E-state index in [1.165, 1.54) is 18.4 Å². The van der Waals surface area contributed by atoms with Gasteiger partial charge in [0.25, 0.3) is 0 Å². The lowest BCUT2D eigenvalue weighted by Gasteiger charge is -2.24. The Bertz CT molecular complexity index is 566. The van der Waals surface area contributed by atoms with Crippen molar-refractivity contribution in [1.29, 1.82) is 0 Å². The summed E-state index contributed by atoms with van der Waals surface area (Å²) in [5, 5.41) is -0.426. The summed E-state index contributed by atoms with van der Waals surface area (Å²) in [7, 11) is -1.17. The lowest BCUT2D eigenvalue weighted by atomic mass is 9.87. The van der Waals surface area contributed by atoms with Crippen molar-refractivity contribution >= 4 is 16.7 Å². The number of hydrogen-bond donors (Lipinski definition) is 0. The summed E-state index contributed by atoms with van der Waals surface area (Å²) < 4.78 is 12.6. The van der Waals surface area contributed by atoms with Crippen LogP contribution in [-0.4, -0.2) is 33.4 Å². The van der Waals surface area contributed by atoms with Crippen LogP contribution in [0.3, 0.4) is 0 Å². The van der Waals surface area contributed by atoms with Crippen molar-refractivity contribution < 1.29 is 9.00 Å². The monoisotopic (exact) mass is 349 g/mol. The second kappa shape index (κ2) is 8.28. The zero-order valence-corrected chi connectivity index (χ0v) is 16.3. The van der Waals surface area contributed by atoms with Crippen LogP contribution in [0, 0.1) is 0 Å². The molecule has 2 rings (SSSR count). The molecule has 134 valence electrons. The molecule has 0 N–H and O–H groups in total. The fourth-order valence-electron chi connectivity index (χ4n) is 3.05. The van der Waals surface area contributed by atoms with Gasteiger partial charge in [0.05, 0.1) is 0 Å². The van der Waals surface area contributed by atoms with E-state index in [4.69, 9.17) is 0 Å². The lowest BCUT2D eigenvalue weighted by Crippen LogP contribution is -2.40. The molecule has 1 amide bonds. The topological polar surface area (TPSA) is 37.4 Å². The first-order chi connectivity index (χ1) is 11.3. The van der Waals surface area contributed by atoms with Crippen LogP contribution in [0.2, 0.25) is 0 Å². The fourth-order valence-corrected chi connectivity index (χ4v) is 4.20. The van der Waals surface area contributed by atoms with Crippen LogP contribution in [0.4, 0.5) is 0 Å². The smallest absolute Gasteiger partial charge is 0.238 e. The Morgan fingerprint density at radius 3 is 2.12 bits per heavy atom. The van der Waals surface area contributed by atoms with Crippen LogP contribution in [0.5, 0.6) is 0 Å². The summed E-state index contributed by atoms with van der Waals surface area (Å²) in [6, 6.07) is 8.30. The molecule has 1 heterocycles. The summed E-state index contributed by atoms with van der Waals surface area (Å²) in [6.07, 6.45) is 4.53. The molecular weight excluding hydrogens is 318 g/mol. The van der Waals surface area contributed by atoms with Crippen LogP contribution in [0.1, 0.15) is 64.5 Å². The number of benzene rings is 1. The summed E-state index contributed by atoms with van der Waals surface area (Å²) in [6.45, 7) is 10.0. The second-order valence-corrected chi connectivity index (χ2v) is 9.61. The predicted molar refractivity (Wildman–Crippen MR) is 101 cm³/mol. The summed E-state index contributed by atoms with van der Waals surface area (Å²) in [5.41, 5.74) is 2.43. The fraction of sp³-hybridized carbons (Fsp3) is 0.650. The van der Waals surface area contributed by atoms with E-state index in [1.54, 1.807) is 0 Å². The van der Waals surface area contributed by atoms with Crippen molar-refractivity contribution in [1.82, 2.24) is 4.90 Å². The Morgan fingerprint density at radius 1 is 1.08 bits per heavy atom. The molecular formula is C20H31NO2S. The van der Waals surface area contributed by atoms with Crippen LogP contribution in [0.25, 0.3) is 0 Å². The maximum atomic E-state index is 12.6. The van der Waals surface area contributed by atoms with Gasteiger partial charge in [-0.3, -0.25) is 9.00 Å². The van der Waals surface area contributed by atoms with E-state index in [2.05, 4.69) is 32.9 Å². The van der Waals surface area contributed by atoms with Gasteiger partial charge in [-0.25, -0.2) is 0 Å².